The van der Waals surface area contributed by atoms with Gasteiger partial charge >= 0.3 is 0 Å². The molecule has 1 atom stereocenters. The first kappa shape index (κ1) is 18.5. The molecule has 28 heavy (non-hydrogen) atoms. The van der Waals surface area contributed by atoms with E-state index in [1.807, 2.05) is 37.3 Å². The molecule has 146 valence electrons. The number of rotatable bonds is 4. The van der Waals surface area contributed by atoms with Gasteiger partial charge in [-0.1, -0.05) is 24.3 Å². The predicted molar refractivity (Wildman–Crippen MR) is 108 cm³/mol. The minimum Gasteiger partial charge on any atom is -0.496 e. The summed E-state index contributed by atoms with van der Waals surface area (Å²) in [6.45, 7) is 6.12. The van der Waals surface area contributed by atoms with Crippen molar-refractivity contribution < 1.29 is 13.9 Å². The second-order valence-corrected chi connectivity index (χ2v) is 7.26. The van der Waals surface area contributed by atoms with Crippen molar-refractivity contribution in [3.8, 4) is 17.2 Å². The quantitative estimate of drug-likeness (QED) is 0.751. The first-order valence-electron chi connectivity index (χ1n) is 9.60. The summed E-state index contributed by atoms with van der Waals surface area (Å²) >= 11 is 0. The number of oxazole rings is 1. The van der Waals surface area contributed by atoms with Gasteiger partial charge in [0.2, 0.25) is 11.8 Å². The molecule has 2 aromatic carbocycles. The fraction of sp³-hybridized carbons (Fsp3) is 0.364. The Morgan fingerprint density at radius 3 is 2.82 bits per heavy atom. The molecule has 4 rings (SSSR count). The van der Waals surface area contributed by atoms with Crippen molar-refractivity contribution in [2.24, 2.45) is 0 Å². The third kappa shape index (κ3) is 3.47. The number of carbonyl (C=O) groups is 1. The van der Waals surface area contributed by atoms with Gasteiger partial charge in [0.1, 0.15) is 11.5 Å². The fourth-order valence-corrected chi connectivity index (χ4v) is 3.70. The van der Waals surface area contributed by atoms with E-state index in [-0.39, 0.29) is 11.9 Å². The van der Waals surface area contributed by atoms with E-state index in [0.717, 1.165) is 40.1 Å². The zero-order valence-corrected chi connectivity index (χ0v) is 16.5. The van der Waals surface area contributed by atoms with Crippen LogP contribution in [0.25, 0.3) is 22.2 Å². The zero-order chi connectivity index (χ0) is 19.7. The highest BCUT2D eigenvalue weighted by atomic mass is 16.5. The lowest BCUT2D eigenvalue weighted by Crippen LogP contribution is -2.37. The summed E-state index contributed by atoms with van der Waals surface area (Å²) in [5.74, 6) is 2.36. The van der Waals surface area contributed by atoms with Crippen LogP contribution in [0.15, 0.2) is 40.8 Å². The molecular formula is C22H25N3O3. The van der Waals surface area contributed by atoms with Crippen molar-refractivity contribution in [1.29, 1.82) is 0 Å². The molecule has 1 aliphatic rings. The lowest BCUT2D eigenvalue weighted by atomic mass is 10.0. The maximum absolute atomic E-state index is 11.7. The molecule has 6 heteroatoms. The van der Waals surface area contributed by atoms with Crippen LogP contribution in [0.1, 0.15) is 24.8 Å². The van der Waals surface area contributed by atoms with E-state index in [0.29, 0.717) is 25.4 Å². The summed E-state index contributed by atoms with van der Waals surface area (Å²) < 4.78 is 11.5. The van der Waals surface area contributed by atoms with E-state index in [1.54, 1.807) is 7.11 Å². The van der Waals surface area contributed by atoms with Crippen LogP contribution < -0.4 is 10.1 Å². The molecule has 1 aliphatic heterocycles. The number of aromatic nitrogens is 1. The first-order chi connectivity index (χ1) is 13.6. The second kappa shape index (κ2) is 7.64. The molecule has 2 heterocycles. The van der Waals surface area contributed by atoms with Gasteiger partial charge in [-0.05, 0) is 31.4 Å². The summed E-state index contributed by atoms with van der Waals surface area (Å²) in [5.41, 5.74) is 1.86. The zero-order valence-electron chi connectivity index (χ0n) is 16.5. The van der Waals surface area contributed by atoms with Gasteiger partial charge in [0.15, 0.2) is 0 Å². The number of hydrogen-bond acceptors (Lipinski definition) is 5. The lowest BCUT2D eigenvalue weighted by molar-refractivity contribution is -0.120. The highest BCUT2D eigenvalue weighted by Gasteiger charge is 2.23. The van der Waals surface area contributed by atoms with E-state index in [4.69, 9.17) is 14.1 Å². The second-order valence-electron chi connectivity index (χ2n) is 7.26. The normalized spacial score (nSPS) is 18.1. The molecule has 1 saturated heterocycles. The molecule has 1 unspecified atom stereocenters. The van der Waals surface area contributed by atoms with Crippen LogP contribution in [0.4, 0.5) is 0 Å². The Balaban J connectivity index is 1.67. The Bertz CT molecular complexity index is 1010. The lowest BCUT2D eigenvalue weighted by Gasteiger charge is -2.25. The van der Waals surface area contributed by atoms with E-state index < -0.39 is 0 Å². The third-order valence-electron chi connectivity index (χ3n) is 5.42. The van der Waals surface area contributed by atoms with Gasteiger partial charge in [0, 0.05) is 43.0 Å². The highest BCUT2D eigenvalue weighted by Crippen LogP contribution is 2.34. The Kier molecular flexibility index (Phi) is 5.05. The van der Waals surface area contributed by atoms with Crippen LogP contribution in [0.2, 0.25) is 0 Å². The summed E-state index contributed by atoms with van der Waals surface area (Å²) in [6.07, 6.45) is 0.511. The van der Waals surface area contributed by atoms with Crippen molar-refractivity contribution in [3.63, 3.8) is 0 Å². The van der Waals surface area contributed by atoms with Crippen molar-refractivity contribution in [3.05, 3.63) is 47.9 Å². The average molecular weight is 379 g/mol. The molecule has 0 radical (unpaired) electrons. The van der Waals surface area contributed by atoms with E-state index in [9.17, 15) is 4.79 Å². The van der Waals surface area contributed by atoms with Gasteiger partial charge in [-0.3, -0.25) is 9.69 Å². The molecule has 0 spiro atoms. The molecule has 6 nitrogen and oxygen atoms in total. The number of methoxy groups -OCH3 is 1. The average Bonchev–Trinajstić information content (AvgIpc) is 2.99. The molecule has 0 saturated carbocycles. The van der Waals surface area contributed by atoms with Crippen LogP contribution in [0, 0.1) is 6.92 Å². The molecule has 1 fully saturated rings. The number of benzene rings is 2. The highest BCUT2D eigenvalue weighted by molar-refractivity contribution is 5.98. The van der Waals surface area contributed by atoms with Gasteiger partial charge in [0.25, 0.3) is 0 Å². The monoisotopic (exact) mass is 379 g/mol. The number of amides is 1. The van der Waals surface area contributed by atoms with E-state index in [1.165, 1.54) is 0 Å². The number of aryl methyl sites for hydroxylation is 1. The van der Waals surface area contributed by atoms with Gasteiger partial charge in [-0.25, -0.2) is 4.98 Å². The number of carbonyl (C=O) groups excluding carboxylic acids is 1. The largest absolute Gasteiger partial charge is 0.496 e. The molecule has 1 amide bonds. The molecule has 0 bridgehead atoms. The van der Waals surface area contributed by atoms with Crippen LogP contribution in [0.3, 0.4) is 0 Å². The van der Waals surface area contributed by atoms with Crippen LogP contribution in [0.5, 0.6) is 5.75 Å². The van der Waals surface area contributed by atoms with Crippen molar-refractivity contribution in [1.82, 2.24) is 15.2 Å². The van der Waals surface area contributed by atoms with Crippen molar-refractivity contribution in [2.75, 3.05) is 20.2 Å². The Labute approximate surface area is 164 Å². The number of nitrogens with zero attached hydrogens (tertiary/aromatic N) is 2. The molecule has 1 aromatic heterocycles. The Hall–Kier alpha value is -2.86. The smallest absolute Gasteiger partial charge is 0.227 e. The van der Waals surface area contributed by atoms with Crippen molar-refractivity contribution >= 4 is 16.7 Å². The maximum atomic E-state index is 11.7. The Morgan fingerprint density at radius 1 is 1.25 bits per heavy atom. The Morgan fingerprint density at radius 2 is 2.04 bits per heavy atom. The number of hydrogen-bond donors (Lipinski definition) is 1. The molecule has 0 aliphatic carbocycles. The van der Waals surface area contributed by atoms with Crippen molar-refractivity contribution in [2.45, 2.75) is 32.9 Å². The van der Waals surface area contributed by atoms with Gasteiger partial charge < -0.3 is 14.5 Å². The summed E-state index contributed by atoms with van der Waals surface area (Å²) in [7, 11) is 1.68. The standard InChI is InChI=1S/C22H25N3O3/c1-14-12-23-21(26)10-11-25(14)13-19-15(2)28-22(24-19)18-8-9-20(27-3)17-7-5-4-6-16(17)18/h4-9,14H,10-13H2,1-3H3,(H,23,26). The number of nitrogens with one attached hydrogen (secondary N) is 1. The topological polar surface area (TPSA) is 67.6 Å². The van der Waals surface area contributed by atoms with E-state index >= 15 is 0 Å². The number of fused-ring (bicyclic) bond motifs is 1. The van der Waals surface area contributed by atoms with Crippen LogP contribution in [-0.4, -0.2) is 42.0 Å². The minimum atomic E-state index is 0.108. The fourth-order valence-electron chi connectivity index (χ4n) is 3.70. The molecule has 1 N–H and O–H groups in total. The van der Waals surface area contributed by atoms with Gasteiger partial charge in [-0.15, -0.1) is 0 Å². The number of ether oxygens (including phenoxy) is 1. The molecule has 3 aromatic rings. The first-order valence-corrected chi connectivity index (χ1v) is 9.60. The van der Waals surface area contributed by atoms with Gasteiger partial charge in [0.05, 0.1) is 12.8 Å². The summed E-state index contributed by atoms with van der Waals surface area (Å²) in [5, 5.41) is 5.03. The van der Waals surface area contributed by atoms with Gasteiger partial charge in [-0.2, -0.15) is 0 Å². The summed E-state index contributed by atoms with van der Waals surface area (Å²) in [4.78, 5) is 18.8. The maximum Gasteiger partial charge on any atom is 0.227 e. The SMILES string of the molecule is COc1ccc(-c2nc(CN3CCC(=O)NCC3C)c(C)o2)c2ccccc12. The predicted octanol–water partition coefficient (Wildman–Crippen LogP) is 3.52. The van der Waals surface area contributed by atoms with E-state index in [2.05, 4.69) is 23.2 Å². The van der Waals surface area contributed by atoms with Crippen LogP contribution in [-0.2, 0) is 11.3 Å². The third-order valence-corrected chi connectivity index (χ3v) is 5.42. The summed E-state index contributed by atoms with van der Waals surface area (Å²) in [6, 6.07) is 12.3. The minimum absolute atomic E-state index is 0.108. The van der Waals surface area contributed by atoms with Crippen LogP contribution >= 0.6 is 0 Å². The molecular weight excluding hydrogens is 354 g/mol.